The Morgan fingerprint density at radius 3 is 2.57 bits per heavy atom. The third-order valence-corrected chi connectivity index (χ3v) is 1.59. The first-order chi connectivity index (χ1) is 3.34. The summed E-state index contributed by atoms with van der Waals surface area (Å²) in [6.45, 7) is 3.50. The van der Waals surface area contributed by atoms with Crippen molar-refractivity contribution in [3.8, 4) is 0 Å². The van der Waals surface area contributed by atoms with Gasteiger partial charge in [-0.15, -0.1) is 0 Å². The van der Waals surface area contributed by atoms with Gasteiger partial charge in [0.1, 0.15) is 0 Å². The van der Waals surface area contributed by atoms with E-state index in [0.717, 1.165) is 6.54 Å². The molecule has 1 saturated heterocycles. The number of aliphatic hydroxyl groups is 1. The number of rotatable bonds is 1. The zero-order valence-electron chi connectivity index (χ0n) is 4.52. The molecule has 2 nitrogen and oxygen atoms in total. The maximum absolute atomic E-state index is 8.49. The minimum Gasteiger partial charge on any atom is -0.395 e. The Bertz CT molecular complexity index is 63.1. The second kappa shape index (κ2) is 1.80. The van der Waals surface area contributed by atoms with Gasteiger partial charge in [0.05, 0.1) is 6.61 Å². The Hall–Kier alpha value is -0.0800. The predicted octanol–water partition coefficient (Wildman–Crippen LogP) is -0.413. The van der Waals surface area contributed by atoms with Gasteiger partial charge in [0.2, 0.25) is 0 Å². The molecule has 0 spiro atoms. The van der Waals surface area contributed by atoms with E-state index in [1.165, 1.54) is 0 Å². The van der Waals surface area contributed by atoms with Gasteiger partial charge in [-0.25, -0.2) is 0 Å². The first-order valence-electron chi connectivity index (χ1n) is 2.69. The molecule has 1 aliphatic rings. The van der Waals surface area contributed by atoms with E-state index in [0.29, 0.717) is 18.6 Å². The van der Waals surface area contributed by atoms with Crippen molar-refractivity contribution in [3.63, 3.8) is 0 Å². The van der Waals surface area contributed by atoms with Crippen LogP contribution in [0.25, 0.3) is 0 Å². The number of hydrogen-bond acceptors (Lipinski definition) is 2. The third-order valence-electron chi connectivity index (χ3n) is 1.59. The van der Waals surface area contributed by atoms with E-state index in [9.17, 15) is 0 Å². The topological polar surface area (TPSA) is 32.3 Å². The zero-order chi connectivity index (χ0) is 5.28. The van der Waals surface area contributed by atoms with Crippen LogP contribution in [-0.2, 0) is 0 Å². The summed E-state index contributed by atoms with van der Waals surface area (Å²) in [7, 11) is 0. The number of aliphatic hydroxyl groups excluding tert-OH is 1. The standard InChI is InChI=1S/C5H11NO/c1-4-2-6-5(4)3-7/h4-7H,2-3H2,1H3/t4-,5-/m0/s1. The van der Waals surface area contributed by atoms with Gasteiger partial charge >= 0.3 is 0 Å². The summed E-state index contributed by atoms with van der Waals surface area (Å²) in [4.78, 5) is 0. The van der Waals surface area contributed by atoms with Crippen molar-refractivity contribution in [3.05, 3.63) is 0 Å². The maximum atomic E-state index is 8.49. The maximum Gasteiger partial charge on any atom is 0.0587 e. The van der Waals surface area contributed by atoms with Crippen LogP contribution in [0.15, 0.2) is 0 Å². The lowest BCUT2D eigenvalue weighted by Gasteiger charge is -2.33. The lowest BCUT2D eigenvalue weighted by molar-refractivity contribution is 0.147. The Balaban J connectivity index is 2.16. The SMILES string of the molecule is C[C@H]1CN[C@H]1CO. The summed E-state index contributed by atoms with van der Waals surface area (Å²) in [5.74, 6) is 0.685. The Labute approximate surface area is 43.5 Å². The van der Waals surface area contributed by atoms with Gasteiger partial charge in [-0.05, 0) is 12.5 Å². The first-order valence-corrected chi connectivity index (χ1v) is 2.69. The molecule has 42 valence electrons. The molecular formula is C5H11NO. The molecule has 0 aromatic heterocycles. The molecule has 0 unspecified atom stereocenters. The molecule has 0 radical (unpaired) electrons. The average Bonchev–Trinajstić information content (AvgIpc) is 1.65. The second-order valence-corrected chi connectivity index (χ2v) is 2.17. The molecule has 0 aromatic carbocycles. The normalized spacial score (nSPS) is 40.3. The van der Waals surface area contributed by atoms with Crippen LogP contribution in [0, 0.1) is 5.92 Å². The van der Waals surface area contributed by atoms with E-state index in [2.05, 4.69) is 12.2 Å². The minimum atomic E-state index is 0.293. The fourth-order valence-corrected chi connectivity index (χ4v) is 0.765. The quantitative estimate of drug-likeness (QED) is 0.470. The molecule has 0 aliphatic carbocycles. The first kappa shape index (κ1) is 5.06. The van der Waals surface area contributed by atoms with Gasteiger partial charge in [-0.2, -0.15) is 0 Å². The summed E-state index contributed by atoms with van der Waals surface area (Å²) in [5, 5.41) is 11.6. The van der Waals surface area contributed by atoms with E-state index < -0.39 is 0 Å². The van der Waals surface area contributed by atoms with Crippen LogP contribution in [0.3, 0.4) is 0 Å². The summed E-state index contributed by atoms with van der Waals surface area (Å²) in [6, 6.07) is 0.389. The van der Waals surface area contributed by atoms with Crippen LogP contribution < -0.4 is 5.32 Å². The average molecular weight is 101 g/mol. The lowest BCUT2D eigenvalue weighted by atomic mass is 9.95. The van der Waals surface area contributed by atoms with Gasteiger partial charge in [0.15, 0.2) is 0 Å². The molecular weight excluding hydrogens is 90.1 g/mol. The van der Waals surface area contributed by atoms with E-state index >= 15 is 0 Å². The van der Waals surface area contributed by atoms with Crippen molar-refractivity contribution in [2.75, 3.05) is 13.2 Å². The van der Waals surface area contributed by atoms with Crippen LogP contribution in [0.1, 0.15) is 6.92 Å². The molecule has 1 fully saturated rings. The van der Waals surface area contributed by atoms with E-state index in [1.807, 2.05) is 0 Å². The van der Waals surface area contributed by atoms with Crippen LogP contribution >= 0.6 is 0 Å². The van der Waals surface area contributed by atoms with Gasteiger partial charge in [-0.3, -0.25) is 0 Å². The molecule has 1 heterocycles. The monoisotopic (exact) mass is 101 g/mol. The van der Waals surface area contributed by atoms with Crippen molar-refractivity contribution in [2.45, 2.75) is 13.0 Å². The summed E-state index contributed by atoms with van der Waals surface area (Å²) in [5.41, 5.74) is 0. The van der Waals surface area contributed by atoms with Gasteiger partial charge in [-0.1, -0.05) is 6.92 Å². The Morgan fingerprint density at radius 2 is 2.57 bits per heavy atom. The highest BCUT2D eigenvalue weighted by Gasteiger charge is 2.23. The largest absolute Gasteiger partial charge is 0.395 e. The van der Waals surface area contributed by atoms with E-state index in [4.69, 9.17) is 5.11 Å². The molecule has 2 heteroatoms. The fourth-order valence-electron chi connectivity index (χ4n) is 0.765. The van der Waals surface area contributed by atoms with Crippen molar-refractivity contribution < 1.29 is 5.11 Å². The second-order valence-electron chi connectivity index (χ2n) is 2.17. The molecule has 0 amide bonds. The molecule has 0 bridgehead atoms. The molecule has 1 rings (SSSR count). The van der Waals surface area contributed by atoms with Gasteiger partial charge in [0.25, 0.3) is 0 Å². The van der Waals surface area contributed by atoms with Crippen molar-refractivity contribution in [1.82, 2.24) is 5.32 Å². The summed E-state index contributed by atoms with van der Waals surface area (Å²) in [6.07, 6.45) is 0. The molecule has 7 heavy (non-hydrogen) atoms. The van der Waals surface area contributed by atoms with Crippen LogP contribution in [0.4, 0.5) is 0 Å². The van der Waals surface area contributed by atoms with Crippen LogP contribution in [0.2, 0.25) is 0 Å². The van der Waals surface area contributed by atoms with E-state index in [-0.39, 0.29) is 0 Å². The molecule has 1 aliphatic heterocycles. The molecule has 2 N–H and O–H groups in total. The minimum absolute atomic E-state index is 0.293. The number of hydrogen-bond donors (Lipinski definition) is 2. The zero-order valence-corrected chi connectivity index (χ0v) is 4.52. The molecule has 2 atom stereocenters. The summed E-state index contributed by atoms with van der Waals surface area (Å²) >= 11 is 0. The Morgan fingerprint density at radius 1 is 1.86 bits per heavy atom. The number of nitrogens with one attached hydrogen (secondary N) is 1. The summed E-state index contributed by atoms with van der Waals surface area (Å²) < 4.78 is 0. The fraction of sp³-hybridized carbons (Fsp3) is 1.00. The third kappa shape index (κ3) is 0.763. The van der Waals surface area contributed by atoms with Crippen molar-refractivity contribution >= 4 is 0 Å². The van der Waals surface area contributed by atoms with Gasteiger partial charge in [0, 0.05) is 6.04 Å². The van der Waals surface area contributed by atoms with Gasteiger partial charge < -0.3 is 10.4 Å². The van der Waals surface area contributed by atoms with E-state index in [1.54, 1.807) is 0 Å². The molecule has 0 aromatic rings. The lowest BCUT2D eigenvalue weighted by Crippen LogP contribution is -2.53. The predicted molar refractivity (Wildman–Crippen MR) is 28.0 cm³/mol. The highest BCUT2D eigenvalue weighted by atomic mass is 16.3. The van der Waals surface area contributed by atoms with Crippen molar-refractivity contribution in [1.29, 1.82) is 0 Å². The smallest absolute Gasteiger partial charge is 0.0587 e. The van der Waals surface area contributed by atoms with Crippen LogP contribution in [0.5, 0.6) is 0 Å². The highest BCUT2D eigenvalue weighted by Crippen LogP contribution is 2.09. The highest BCUT2D eigenvalue weighted by molar-refractivity contribution is 4.83. The Kier molecular flexibility index (Phi) is 1.30. The van der Waals surface area contributed by atoms with Crippen molar-refractivity contribution in [2.24, 2.45) is 5.92 Å². The van der Waals surface area contributed by atoms with Crippen LogP contribution in [-0.4, -0.2) is 24.3 Å². The molecule has 0 saturated carbocycles.